The Morgan fingerprint density at radius 3 is 2.39 bits per heavy atom. The van der Waals surface area contributed by atoms with Crippen molar-refractivity contribution in [1.82, 2.24) is 4.98 Å². The van der Waals surface area contributed by atoms with Gasteiger partial charge in [-0.05, 0) is 35.9 Å². The second kappa shape index (κ2) is 6.50. The SMILES string of the molecule is O=C(Nc1ccc(O)cn1)c1ccc(-c2ccccc2Cl)cc1. The lowest BCUT2D eigenvalue weighted by Gasteiger charge is -2.07. The average Bonchev–Trinajstić information content (AvgIpc) is 2.57. The molecule has 1 amide bonds. The molecule has 0 radical (unpaired) electrons. The van der Waals surface area contributed by atoms with Gasteiger partial charge in [-0.3, -0.25) is 4.79 Å². The van der Waals surface area contributed by atoms with E-state index in [9.17, 15) is 9.90 Å². The molecular formula is C18H13ClN2O2. The molecule has 0 aliphatic carbocycles. The highest BCUT2D eigenvalue weighted by atomic mass is 35.5. The van der Waals surface area contributed by atoms with Crippen molar-refractivity contribution in [2.24, 2.45) is 0 Å². The molecule has 0 fully saturated rings. The fraction of sp³-hybridized carbons (Fsp3) is 0. The van der Waals surface area contributed by atoms with Gasteiger partial charge in [-0.25, -0.2) is 4.98 Å². The third-order valence-electron chi connectivity index (χ3n) is 3.32. The molecule has 0 atom stereocenters. The van der Waals surface area contributed by atoms with Gasteiger partial charge in [0.25, 0.3) is 5.91 Å². The Morgan fingerprint density at radius 1 is 1.00 bits per heavy atom. The maximum absolute atomic E-state index is 12.2. The second-order valence-corrected chi connectivity index (χ2v) is 5.32. The van der Waals surface area contributed by atoms with E-state index in [1.54, 1.807) is 12.1 Å². The molecule has 0 saturated heterocycles. The monoisotopic (exact) mass is 324 g/mol. The van der Waals surface area contributed by atoms with Gasteiger partial charge in [-0.1, -0.05) is 41.9 Å². The van der Waals surface area contributed by atoms with Crippen molar-refractivity contribution < 1.29 is 9.90 Å². The Balaban J connectivity index is 1.78. The molecule has 0 bridgehead atoms. The van der Waals surface area contributed by atoms with Crippen molar-refractivity contribution in [3.63, 3.8) is 0 Å². The number of amides is 1. The number of hydrogen-bond donors (Lipinski definition) is 2. The van der Waals surface area contributed by atoms with Crippen molar-refractivity contribution in [3.05, 3.63) is 77.4 Å². The van der Waals surface area contributed by atoms with Crippen LogP contribution < -0.4 is 5.32 Å². The molecule has 0 saturated carbocycles. The van der Waals surface area contributed by atoms with E-state index < -0.39 is 0 Å². The third kappa shape index (κ3) is 3.49. The van der Waals surface area contributed by atoms with E-state index >= 15 is 0 Å². The summed E-state index contributed by atoms with van der Waals surface area (Å²) in [6.45, 7) is 0. The van der Waals surface area contributed by atoms with Gasteiger partial charge in [0.1, 0.15) is 11.6 Å². The molecule has 0 aliphatic rings. The molecule has 2 aromatic carbocycles. The van der Waals surface area contributed by atoms with Gasteiger partial charge in [0.15, 0.2) is 0 Å². The van der Waals surface area contributed by atoms with Crippen LogP contribution in [-0.2, 0) is 0 Å². The topological polar surface area (TPSA) is 62.2 Å². The predicted molar refractivity (Wildman–Crippen MR) is 90.7 cm³/mol. The summed E-state index contributed by atoms with van der Waals surface area (Å²) < 4.78 is 0. The summed E-state index contributed by atoms with van der Waals surface area (Å²) in [5.74, 6) is 0.156. The maximum atomic E-state index is 12.2. The van der Waals surface area contributed by atoms with Crippen LogP contribution in [0.2, 0.25) is 5.02 Å². The second-order valence-electron chi connectivity index (χ2n) is 4.91. The lowest BCUT2D eigenvalue weighted by atomic mass is 10.0. The minimum Gasteiger partial charge on any atom is -0.506 e. The predicted octanol–water partition coefficient (Wildman–Crippen LogP) is 4.36. The smallest absolute Gasteiger partial charge is 0.256 e. The van der Waals surface area contributed by atoms with Crippen LogP contribution in [0.5, 0.6) is 5.75 Å². The molecule has 23 heavy (non-hydrogen) atoms. The minimum absolute atomic E-state index is 0.0482. The summed E-state index contributed by atoms with van der Waals surface area (Å²) in [7, 11) is 0. The molecule has 4 nitrogen and oxygen atoms in total. The first kappa shape index (κ1) is 15.1. The zero-order chi connectivity index (χ0) is 16.2. The van der Waals surface area contributed by atoms with E-state index in [0.717, 1.165) is 11.1 Å². The quantitative estimate of drug-likeness (QED) is 0.752. The Bertz CT molecular complexity index is 830. The lowest BCUT2D eigenvalue weighted by molar-refractivity contribution is 0.102. The molecule has 1 heterocycles. The van der Waals surface area contributed by atoms with Crippen LogP contribution in [0.3, 0.4) is 0 Å². The molecule has 3 rings (SSSR count). The van der Waals surface area contributed by atoms with Gasteiger partial charge in [0.2, 0.25) is 0 Å². The van der Waals surface area contributed by atoms with Gasteiger partial charge in [0.05, 0.1) is 6.20 Å². The van der Waals surface area contributed by atoms with E-state index in [2.05, 4.69) is 10.3 Å². The van der Waals surface area contributed by atoms with Crippen LogP contribution in [0.15, 0.2) is 66.9 Å². The van der Waals surface area contributed by atoms with E-state index in [-0.39, 0.29) is 11.7 Å². The normalized spacial score (nSPS) is 10.3. The first-order valence-corrected chi connectivity index (χ1v) is 7.32. The van der Waals surface area contributed by atoms with Crippen molar-refractivity contribution in [3.8, 4) is 16.9 Å². The van der Waals surface area contributed by atoms with Gasteiger partial charge < -0.3 is 10.4 Å². The molecule has 114 valence electrons. The first-order valence-electron chi connectivity index (χ1n) is 6.95. The number of anilines is 1. The zero-order valence-electron chi connectivity index (χ0n) is 12.0. The fourth-order valence-electron chi connectivity index (χ4n) is 2.14. The fourth-order valence-corrected chi connectivity index (χ4v) is 2.39. The van der Waals surface area contributed by atoms with Crippen LogP contribution in [0.4, 0.5) is 5.82 Å². The Labute approximate surface area is 138 Å². The summed E-state index contributed by atoms with van der Waals surface area (Å²) in [5.41, 5.74) is 2.37. The number of aromatic nitrogens is 1. The number of rotatable bonds is 3. The molecule has 2 N–H and O–H groups in total. The van der Waals surface area contributed by atoms with Gasteiger partial charge in [-0.2, -0.15) is 0 Å². The van der Waals surface area contributed by atoms with Crippen LogP contribution in [0.25, 0.3) is 11.1 Å². The number of nitrogens with zero attached hydrogens (tertiary/aromatic N) is 1. The van der Waals surface area contributed by atoms with Gasteiger partial charge >= 0.3 is 0 Å². The average molecular weight is 325 g/mol. The van der Waals surface area contributed by atoms with E-state index in [4.69, 9.17) is 11.6 Å². The lowest BCUT2D eigenvalue weighted by Crippen LogP contribution is -2.12. The number of hydrogen-bond acceptors (Lipinski definition) is 3. The van der Waals surface area contributed by atoms with Crippen molar-refractivity contribution in [2.45, 2.75) is 0 Å². The summed E-state index contributed by atoms with van der Waals surface area (Å²) in [5, 5.41) is 12.5. The minimum atomic E-state index is -0.270. The van der Waals surface area contributed by atoms with Crippen molar-refractivity contribution in [1.29, 1.82) is 0 Å². The largest absolute Gasteiger partial charge is 0.506 e. The van der Waals surface area contributed by atoms with Crippen LogP contribution >= 0.6 is 11.6 Å². The van der Waals surface area contributed by atoms with Crippen molar-refractivity contribution >= 4 is 23.3 Å². The summed E-state index contributed by atoms with van der Waals surface area (Å²) in [6.07, 6.45) is 1.27. The molecule has 5 heteroatoms. The van der Waals surface area contributed by atoms with E-state index in [1.165, 1.54) is 18.3 Å². The maximum Gasteiger partial charge on any atom is 0.256 e. The van der Waals surface area contributed by atoms with Crippen LogP contribution in [0, 0.1) is 0 Å². The number of aromatic hydroxyl groups is 1. The number of carbonyl (C=O) groups is 1. The summed E-state index contributed by atoms with van der Waals surface area (Å²) >= 11 is 6.17. The van der Waals surface area contributed by atoms with Gasteiger partial charge in [0, 0.05) is 16.1 Å². The number of halogens is 1. The number of nitrogens with one attached hydrogen (secondary N) is 1. The molecule has 0 aliphatic heterocycles. The highest BCUT2D eigenvalue weighted by Crippen LogP contribution is 2.27. The van der Waals surface area contributed by atoms with E-state index in [0.29, 0.717) is 16.4 Å². The Hall–Kier alpha value is -2.85. The van der Waals surface area contributed by atoms with Crippen molar-refractivity contribution in [2.75, 3.05) is 5.32 Å². The van der Waals surface area contributed by atoms with Gasteiger partial charge in [-0.15, -0.1) is 0 Å². The summed E-state index contributed by atoms with van der Waals surface area (Å²) in [6, 6.07) is 17.7. The van der Waals surface area contributed by atoms with E-state index in [1.807, 2.05) is 36.4 Å². The molecule has 0 spiro atoms. The molecular weight excluding hydrogens is 312 g/mol. The standard InChI is InChI=1S/C18H13ClN2O2/c19-16-4-2-1-3-15(16)12-5-7-13(8-6-12)18(23)21-17-10-9-14(22)11-20-17/h1-11,22H,(H,20,21,23). The van der Waals surface area contributed by atoms with Crippen LogP contribution in [-0.4, -0.2) is 16.0 Å². The Morgan fingerprint density at radius 2 is 1.74 bits per heavy atom. The summed E-state index contributed by atoms with van der Waals surface area (Å²) in [4.78, 5) is 16.1. The van der Waals surface area contributed by atoms with Crippen LogP contribution in [0.1, 0.15) is 10.4 Å². The third-order valence-corrected chi connectivity index (χ3v) is 3.65. The highest BCUT2D eigenvalue weighted by molar-refractivity contribution is 6.33. The number of carbonyl (C=O) groups excluding carboxylic acids is 1. The first-order chi connectivity index (χ1) is 11.1. The highest BCUT2D eigenvalue weighted by Gasteiger charge is 2.08. The number of pyridine rings is 1. The molecule has 3 aromatic rings. The number of benzene rings is 2. The molecule has 0 unspecified atom stereocenters. The Kier molecular flexibility index (Phi) is 4.26. The zero-order valence-corrected chi connectivity index (χ0v) is 12.8. The molecule has 1 aromatic heterocycles.